The van der Waals surface area contributed by atoms with Crippen LogP contribution in [0.2, 0.25) is 0 Å². The molecule has 2 nitrogen and oxygen atoms in total. The van der Waals surface area contributed by atoms with Crippen LogP contribution in [0.5, 0.6) is 0 Å². The Labute approximate surface area is 109 Å². The van der Waals surface area contributed by atoms with Crippen molar-refractivity contribution in [2.24, 2.45) is 0 Å². The molecule has 0 bridgehead atoms. The maximum Gasteiger partial charge on any atom is 0.141 e. The normalized spacial score (nSPS) is 10.5. The van der Waals surface area contributed by atoms with E-state index in [0.717, 1.165) is 12.4 Å². The van der Waals surface area contributed by atoms with Crippen LogP contribution in [0.1, 0.15) is 10.4 Å². The molecule has 0 saturated carbocycles. The molecule has 2 heterocycles. The summed E-state index contributed by atoms with van der Waals surface area (Å²) < 4.78 is 13.0. The van der Waals surface area contributed by atoms with Gasteiger partial charge in [0.2, 0.25) is 0 Å². The Bertz CT molecular complexity index is 487. The van der Waals surface area contributed by atoms with Gasteiger partial charge in [-0.2, -0.15) is 0 Å². The second-order valence-electron chi connectivity index (χ2n) is 3.71. The highest BCUT2D eigenvalue weighted by atomic mass is 35.5. The molecule has 0 atom stereocenters. The van der Waals surface area contributed by atoms with Crippen molar-refractivity contribution in [1.82, 2.24) is 4.98 Å². The Balaban J connectivity index is 2.21. The van der Waals surface area contributed by atoms with Gasteiger partial charge in [-0.1, -0.05) is 6.07 Å². The van der Waals surface area contributed by atoms with Gasteiger partial charge in [0.05, 0.1) is 18.6 Å². The van der Waals surface area contributed by atoms with Crippen molar-refractivity contribution >= 4 is 28.8 Å². The molecule has 0 unspecified atom stereocenters. The van der Waals surface area contributed by atoms with Gasteiger partial charge in [0.25, 0.3) is 0 Å². The molecule has 5 heteroatoms. The smallest absolute Gasteiger partial charge is 0.141 e. The molecule has 2 aromatic heterocycles. The number of thiophene rings is 1. The van der Waals surface area contributed by atoms with Gasteiger partial charge in [-0.3, -0.25) is 0 Å². The molecule has 0 spiro atoms. The highest BCUT2D eigenvalue weighted by Gasteiger charge is 2.10. The van der Waals surface area contributed by atoms with Crippen LogP contribution in [-0.2, 0) is 12.4 Å². The lowest BCUT2D eigenvalue weighted by molar-refractivity contribution is 0.619. The standard InChI is InChI=1S/C12H12ClFN2S/c1-16(8-11-3-2-4-17-11)12-9(6-13)5-10(14)7-15-12/h2-5,7H,6,8H2,1H3. The van der Waals surface area contributed by atoms with Crippen molar-refractivity contribution in [2.75, 3.05) is 11.9 Å². The van der Waals surface area contributed by atoms with Crippen LogP contribution in [-0.4, -0.2) is 12.0 Å². The highest BCUT2D eigenvalue weighted by Crippen LogP contribution is 2.22. The predicted molar refractivity (Wildman–Crippen MR) is 70.2 cm³/mol. The lowest BCUT2D eigenvalue weighted by atomic mass is 10.2. The van der Waals surface area contributed by atoms with Gasteiger partial charge in [0.1, 0.15) is 11.6 Å². The number of aromatic nitrogens is 1. The maximum absolute atomic E-state index is 13.0. The molecule has 0 aliphatic carbocycles. The molecule has 2 rings (SSSR count). The van der Waals surface area contributed by atoms with Crippen molar-refractivity contribution in [3.05, 3.63) is 46.0 Å². The topological polar surface area (TPSA) is 16.1 Å². The Morgan fingerprint density at radius 2 is 2.35 bits per heavy atom. The summed E-state index contributed by atoms with van der Waals surface area (Å²) in [6, 6.07) is 5.50. The summed E-state index contributed by atoms with van der Waals surface area (Å²) in [6.45, 7) is 0.750. The molecule has 0 aliphatic rings. The highest BCUT2D eigenvalue weighted by molar-refractivity contribution is 7.09. The van der Waals surface area contributed by atoms with Crippen molar-refractivity contribution in [1.29, 1.82) is 0 Å². The van der Waals surface area contributed by atoms with E-state index in [2.05, 4.69) is 11.1 Å². The van der Waals surface area contributed by atoms with Crippen molar-refractivity contribution in [3.63, 3.8) is 0 Å². The van der Waals surface area contributed by atoms with Gasteiger partial charge < -0.3 is 4.90 Å². The zero-order chi connectivity index (χ0) is 12.3. The van der Waals surface area contributed by atoms with E-state index in [1.54, 1.807) is 11.3 Å². The van der Waals surface area contributed by atoms with Gasteiger partial charge in [-0.15, -0.1) is 22.9 Å². The first kappa shape index (κ1) is 12.3. The first-order chi connectivity index (χ1) is 8.20. The van der Waals surface area contributed by atoms with Crippen LogP contribution in [0.15, 0.2) is 29.8 Å². The fraction of sp³-hybridized carbons (Fsp3) is 0.250. The molecule has 2 aromatic rings. The summed E-state index contributed by atoms with van der Waals surface area (Å²) >= 11 is 7.49. The van der Waals surface area contributed by atoms with E-state index >= 15 is 0 Å². The number of anilines is 1. The lowest BCUT2D eigenvalue weighted by Gasteiger charge is -2.19. The van der Waals surface area contributed by atoms with Gasteiger partial charge in [0.15, 0.2) is 0 Å². The van der Waals surface area contributed by atoms with Gasteiger partial charge >= 0.3 is 0 Å². The zero-order valence-corrected chi connectivity index (χ0v) is 10.9. The molecule has 0 amide bonds. The van der Waals surface area contributed by atoms with Crippen LogP contribution in [0.4, 0.5) is 10.2 Å². The summed E-state index contributed by atoms with van der Waals surface area (Å²) in [5, 5.41) is 2.03. The number of pyridine rings is 1. The van der Waals surface area contributed by atoms with Crippen molar-refractivity contribution < 1.29 is 4.39 Å². The molecule has 0 radical (unpaired) electrons. The summed E-state index contributed by atoms with van der Waals surface area (Å²) in [6.07, 6.45) is 1.22. The molecule has 17 heavy (non-hydrogen) atoms. The van der Waals surface area contributed by atoms with Crippen LogP contribution in [0, 0.1) is 5.82 Å². The van der Waals surface area contributed by atoms with E-state index in [9.17, 15) is 4.39 Å². The van der Waals surface area contributed by atoms with Crippen LogP contribution in [0.25, 0.3) is 0 Å². The summed E-state index contributed by atoms with van der Waals surface area (Å²) in [5.41, 5.74) is 0.714. The SMILES string of the molecule is CN(Cc1cccs1)c1ncc(F)cc1CCl. The fourth-order valence-corrected chi connectivity index (χ4v) is 2.58. The maximum atomic E-state index is 13.0. The third-order valence-electron chi connectivity index (χ3n) is 2.39. The van der Waals surface area contributed by atoms with E-state index in [1.165, 1.54) is 17.1 Å². The average molecular weight is 271 g/mol. The third-order valence-corrected chi connectivity index (χ3v) is 3.54. The number of hydrogen-bond donors (Lipinski definition) is 0. The number of rotatable bonds is 4. The largest absolute Gasteiger partial charge is 0.354 e. The monoisotopic (exact) mass is 270 g/mol. The second kappa shape index (κ2) is 5.47. The molecular formula is C12H12ClFN2S. The lowest BCUT2D eigenvalue weighted by Crippen LogP contribution is -2.18. The molecule has 0 aliphatic heterocycles. The minimum atomic E-state index is -0.353. The Morgan fingerprint density at radius 3 is 3.00 bits per heavy atom. The minimum absolute atomic E-state index is 0.259. The van der Waals surface area contributed by atoms with Gasteiger partial charge in [0, 0.05) is 17.5 Å². The van der Waals surface area contributed by atoms with Crippen LogP contribution >= 0.6 is 22.9 Å². The van der Waals surface area contributed by atoms with Crippen LogP contribution < -0.4 is 4.90 Å². The molecule has 0 N–H and O–H groups in total. The van der Waals surface area contributed by atoms with Gasteiger partial charge in [-0.25, -0.2) is 9.37 Å². The fourth-order valence-electron chi connectivity index (χ4n) is 1.63. The summed E-state index contributed by atoms with van der Waals surface area (Å²) in [7, 11) is 1.93. The summed E-state index contributed by atoms with van der Waals surface area (Å²) in [5.74, 6) is 0.637. The Kier molecular flexibility index (Phi) is 3.97. The van der Waals surface area contributed by atoms with Crippen molar-refractivity contribution in [3.8, 4) is 0 Å². The van der Waals surface area contributed by atoms with Crippen molar-refractivity contribution in [2.45, 2.75) is 12.4 Å². The predicted octanol–water partition coefficient (Wildman–Crippen LogP) is 3.66. The number of alkyl halides is 1. The number of nitrogens with zero attached hydrogens (tertiary/aromatic N) is 2. The van der Waals surface area contributed by atoms with Crippen LogP contribution in [0.3, 0.4) is 0 Å². The molecular weight excluding hydrogens is 259 g/mol. The minimum Gasteiger partial charge on any atom is -0.354 e. The first-order valence-corrected chi connectivity index (χ1v) is 6.56. The Hall–Kier alpha value is -1.13. The molecule has 0 fully saturated rings. The van der Waals surface area contributed by atoms with Gasteiger partial charge in [-0.05, 0) is 17.5 Å². The van der Waals surface area contributed by atoms with E-state index < -0.39 is 0 Å². The van der Waals surface area contributed by atoms with E-state index in [0.29, 0.717) is 5.56 Å². The number of halogens is 2. The van der Waals surface area contributed by atoms with E-state index in [-0.39, 0.29) is 11.7 Å². The van der Waals surface area contributed by atoms with E-state index in [1.807, 2.05) is 23.4 Å². The Morgan fingerprint density at radius 1 is 1.53 bits per heavy atom. The number of hydrogen-bond acceptors (Lipinski definition) is 3. The van der Waals surface area contributed by atoms with E-state index in [4.69, 9.17) is 11.6 Å². The second-order valence-corrected chi connectivity index (χ2v) is 5.00. The average Bonchev–Trinajstić information content (AvgIpc) is 2.81. The molecule has 0 saturated heterocycles. The molecule has 0 aromatic carbocycles. The summed E-state index contributed by atoms with van der Waals surface area (Å²) in [4.78, 5) is 7.31. The zero-order valence-electron chi connectivity index (χ0n) is 9.36. The quantitative estimate of drug-likeness (QED) is 0.789. The molecule has 90 valence electrons. The first-order valence-electron chi connectivity index (χ1n) is 5.14. The third kappa shape index (κ3) is 2.96.